The lowest BCUT2D eigenvalue weighted by atomic mass is 10.00. The van der Waals surface area contributed by atoms with Gasteiger partial charge in [0.25, 0.3) is 10.0 Å². The Bertz CT molecular complexity index is 938. The van der Waals surface area contributed by atoms with Gasteiger partial charge in [-0.1, -0.05) is 18.2 Å². The molecule has 0 radical (unpaired) electrons. The third kappa shape index (κ3) is 3.46. The number of carbonyl (C=O) groups is 1. The molecule has 2 aromatic rings. The Morgan fingerprint density at radius 2 is 1.92 bits per heavy atom. The van der Waals surface area contributed by atoms with E-state index in [1.165, 1.54) is 4.31 Å². The standard InChI is InChI=1S/C20H24N2O3S/c1-4-22(19-7-5-6-15(2)12-19)26(24,25)20-9-8-17-10-11-21(16(3)23)14-18(17)13-20/h5-9,12-13H,4,10-11,14H2,1-3H3. The number of sulfonamides is 1. The Morgan fingerprint density at radius 3 is 2.58 bits per heavy atom. The number of fused-ring (bicyclic) bond motifs is 1. The molecular formula is C20H24N2O3S. The maximum Gasteiger partial charge on any atom is 0.264 e. The lowest BCUT2D eigenvalue weighted by Crippen LogP contribution is -2.35. The first kappa shape index (κ1) is 18.5. The maximum atomic E-state index is 13.2. The minimum absolute atomic E-state index is 0.0128. The molecule has 2 aromatic carbocycles. The van der Waals surface area contributed by atoms with Crippen molar-refractivity contribution in [2.45, 2.75) is 38.6 Å². The summed E-state index contributed by atoms with van der Waals surface area (Å²) < 4.78 is 27.9. The average Bonchev–Trinajstić information content (AvgIpc) is 2.61. The lowest BCUT2D eigenvalue weighted by Gasteiger charge is -2.29. The summed E-state index contributed by atoms with van der Waals surface area (Å²) in [6, 6.07) is 12.8. The first-order chi connectivity index (χ1) is 12.3. The van der Waals surface area contributed by atoms with Gasteiger partial charge in [0.15, 0.2) is 0 Å². The summed E-state index contributed by atoms with van der Waals surface area (Å²) in [7, 11) is -3.66. The third-order valence-electron chi connectivity index (χ3n) is 4.80. The summed E-state index contributed by atoms with van der Waals surface area (Å²) in [5.74, 6) is 0.0128. The second kappa shape index (κ2) is 7.11. The average molecular weight is 372 g/mol. The molecule has 0 spiro atoms. The largest absolute Gasteiger partial charge is 0.338 e. The number of anilines is 1. The maximum absolute atomic E-state index is 13.2. The van der Waals surface area contributed by atoms with E-state index in [1.54, 1.807) is 24.0 Å². The second-order valence-electron chi connectivity index (χ2n) is 6.63. The van der Waals surface area contributed by atoms with E-state index in [2.05, 4.69) is 0 Å². The molecule has 6 heteroatoms. The summed E-state index contributed by atoms with van der Waals surface area (Å²) in [4.78, 5) is 13.7. The van der Waals surface area contributed by atoms with Crippen molar-refractivity contribution >= 4 is 21.6 Å². The molecule has 0 unspecified atom stereocenters. The summed E-state index contributed by atoms with van der Waals surface area (Å²) in [6.07, 6.45) is 0.755. The van der Waals surface area contributed by atoms with E-state index < -0.39 is 10.0 Å². The van der Waals surface area contributed by atoms with Gasteiger partial charge in [-0.15, -0.1) is 0 Å². The number of benzene rings is 2. The van der Waals surface area contributed by atoms with Crippen LogP contribution in [0.2, 0.25) is 0 Å². The van der Waals surface area contributed by atoms with Crippen LogP contribution < -0.4 is 4.31 Å². The number of rotatable bonds is 4. The van der Waals surface area contributed by atoms with Gasteiger partial charge in [-0.3, -0.25) is 9.10 Å². The Kier molecular flexibility index (Phi) is 5.05. The Hall–Kier alpha value is -2.34. The Labute approximate surface area is 155 Å². The number of aryl methyl sites for hydroxylation is 1. The van der Waals surface area contributed by atoms with Crippen LogP contribution in [0.1, 0.15) is 30.5 Å². The van der Waals surface area contributed by atoms with Crippen molar-refractivity contribution < 1.29 is 13.2 Å². The van der Waals surface area contributed by atoms with Crippen molar-refractivity contribution in [2.24, 2.45) is 0 Å². The van der Waals surface area contributed by atoms with Crippen LogP contribution in [0.15, 0.2) is 47.4 Å². The number of carbonyl (C=O) groups excluding carboxylic acids is 1. The Balaban J connectivity index is 1.99. The Morgan fingerprint density at radius 1 is 1.15 bits per heavy atom. The van der Waals surface area contributed by atoms with E-state index in [4.69, 9.17) is 0 Å². The molecule has 0 fully saturated rings. The van der Waals surface area contributed by atoms with Gasteiger partial charge in [0.05, 0.1) is 10.6 Å². The van der Waals surface area contributed by atoms with Gasteiger partial charge < -0.3 is 4.90 Å². The number of nitrogens with zero attached hydrogens (tertiary/aromatic N) is 2. The summed E-state index contributed by atoms with van der Waals surface area (Å²) in [5, 5.41) is 0. The van der Waals surface area contributed by atoms with Gasteiger partial charge in [0.1, 0.15) is 0 Å². The lowest BCUT2D eigenvalue weighted by molar-refractivity contribution is -0.129. The molecule has 0 bridgehead atoms. The molecule has 0 atom stereocenters. The molecule has 1 amide bonds. The second-order valence-corrected chi connectivity index (χ2v) is 8.49. The van der Waals surface area contributed by atoms with Crippen molar-refractivity contribution in [3.63, 3.8) is 0 Å². The zero-order valence-electron chi connectivity index (χ0n) is 15.4. The fourth-order valence-electron chi connectivity index (χ4n) is 3.36. The molecule has 0 aliphatic carbocycles. The molecule has 0 saturated heterocycles. The van der Waals surface area contributed by atoms with Crippen LogP contribution in [0, 0.1) is 6.92 Å². The van der Waals surface area contributed by atoms with Crippen LogP contribution in [-0.4, -0.2) is 32.3 Å². The highest BCUT2D eigenvalue weighted by Crippen LogP contribution is 2.28. The molecule has 3 rings (SSSR count). The zero-order valence-corrected chi connectivity index (χ0v) is 16.2. The van der Waals surface area contributed by atoms with E-state index in [0.29, 0.717) is 25.3 Å². The molecule has 0 N–H and O–H groups in total. The molecule has 138 valence electrons. The van der Waals surface area contributed by atoms with Crippen molar-refractivity contribution in [1.82, 2.24) is 4.90 Å². The highest BCUT2D eigenvalue weighted by atomic mass is 32.2. The van der Waals surface area contributed by atoms with Crippen LogP contribution in [0.4, 0.5) is 5.69 Å². The molecule has 0 aromatic heterocycles. The molecule has 1 aliphatic rings. The normalized spacial score (nSPS) is 14.0. The summed E-state index contributed by atoms with van der Waals surface area (Å²) in [5.41, 5.74) is 3.70. The van der Waals surface area contributed by atoms with Gasteiger partial charge in [0, 0.05) is 26.6 Å². The monoisotopic (exact) mass is 372 g/mol. The van der Waals surface area contributed by atoms with Crippen molar-refractivity contribution in [3.8, 4) is 0 Å². The minimum atomic E-state index is -3.66. The highest BCUT2D eigenvalue weighted by molar-refractivity contribution is 7.92. The van der Waals surface area contributed by atoms with Gasteiger partial charge in [-0.05, 0) is 61.2 Å². The topological polar surface area (TPSA) is 57.7 Å². The third-order valence-corrected chi connectivity index (χ3v) is 6.70. The van der Waals surface area contributed by atoms with Crippen LogP contribution in [0.3, 0.4) is 0 Å². The number of amides is 1. The highest BCUT2D eigenvalue weighted by Gasteiger charge is 2.26. The van der Waals surface area contributed by atoms with Crippen LogP contribution in [0.5, 0.6) is 0 Å². The fourth-order valence-corrected chi connectivity index (χ4v) is 4.88. The van der Waals surface area contributed by atoms with E-state index in [0.717, 1.165) is 23.1 Å². The van der Waals surface area contributed by atoms with E-state index >= 15 is 0 Å². The van der Waals surface area contributed by atoms with E-state index in [-0.39, 0.29) is 10.8 Å². The first-order valence-electron chi connectivity index (χ1n) is 8.79. The molecule has 26 heavy (non-hydrogen) atoms. The van der Waals surface area contributed by atoms with Crippen LogP contribution in [-0.2, 0) is 27.8 Å². The molecular weight excluding hydrogens is 348 g/mol. The fraction of sp³-hybridized carbons (Fsp3) is 0.350. The van der Waals surface area contributed by atoms with Gasteiger partial charge in [-0.25, -0.2) is 8.42 Å². The quantitative estimate of drug-likeness (QED) is 0.829. The van der Waals surface area contributed by atoms with Crippen molar-refractivity contribution in [1.29, 1.82) is 0 Å². The number of hydrogen-bond acceptors (Lipinski definition) is 3. The van der Waals surface area contributed by atoms with Gasteiger partial charge in [-0.2, -0.15) is 0 Å². The predicted molar refractivity (Wildman–Crippen MR) is 103 cm³/mol. The smallest absolute Gasteiger partial charge is 0.264 e. The van der Waals surface area contributed by atoms with Crippen molar-refractivity contribution in [2.75, 3.05) is 17.4 Å². The minimum Gasteiger partial charge on any atom is -0.338 e. The van der Waals surface area contributed by atoms with Gasteiger partial charge in [0.2, 0.25) is 5.91 Å². The molecule has 0 saturated carbocycles. The molecule has 1 aliphatic heterocycles. The number of hydrogen-bond donors (Lipinski definition) is 0. The van der Waals surface area contributed by atoms with Crippen LogP contribution >= 0.6 is 0 Å². The summed E-state index contributed by atoms with van der Waals surface area (Å²) in [6.45, 7) is 6.81. The van der Waals surface area contributed by atoms with E-state index in [1.807, 2.05) is 44.2 Å². The van der Waals surface area contributed by atoms with Crippen molar-refractivity contribution in [3.05, 3.63) is 59.2 Å². The van der Waals surface area contributed by atoms with Gasteiger partial charge >= 0.3 is 0 Å². The molecule has 1 heterocycles. The predicted octanol–water partition coefficient (Wildman–Crippen LogP) is 3.11. The first-order valence-corrected chi connectivity index (χ1v) is 10.2. The van der Waals surface area contributed by atoms with Crippen LogP contribution in [0.25, 0.3) is 0 Å². The summed E-state index contributed by atoms with van der Waals surface area (Å²) >= 11 is 0. The zero-order chi connectivity index (χ0) is 18.9. The SMILES string of the molecule is CCN(c1cccc(C)c1)S(=O)(=O)c1ccc2c(c1)CN(C(C)=O)CC2. The molecule has 5 nitrogen and oxygen atoms in total. The van der Waals surface area contributed by atoms with E-state index in [9.17, 15) is 13.2 Å².